The molecule has 0 spiro atoms. The lowest BCUT2D eigenvalue weighted by molar-refractivity contribution is -0.160. The molecule has 0 aliphatic heterocycles. The number of carbonyl (C=O) groups excluding carboxylic acids is 1. The van der Waals surface area contributed by atoms with Crippen molar-refractivity contribution in [2.75, 3.05) is 0 Å². The Morgan fingerprint density at radius 3 is 1.03 bits per heavy atom. The molecule has 0 aromatic carbocycles. The number of unbranched alkanes of at least 4 members (excludes halogenated alkanes) is 16. The van der Waals surface area contributed by atoms with E-state index < -0.39 is 0 Å². The van der Waals surface area contributed by atoms with E-state index in [0.717, 1.165) is 19.3 Å². The van der Waals surface area contributed by atoms with Crippen molar-refractivity contribution in [3.05, 3.63) is 0 Å². The lowest BCUT2D eigenvalue weighted by atomic mass is 9.84. The molecule has 0 aliphatic rings. The van der Waals surface area contributed by atoms with Gasteiger partial charge in [-0.05, 0) is 38.5 Å². The summed E-state index contributed by atoms with van der Waals surface area (Å²) in [6, 6.07) is 0. The summed E-state index contributed by atoms with van der Waals surface area (Å²) >= 11 is 0. The average molecular weight is 459 g/mol. The van der Waals surface area contributed by atoms with Crippen LogP contribution in [0.4, 0.5) is 0 Å². The molecule has 0 saturated heterocycles. The van der Waals surface area contributed by atoms with Crippen molar-refractivity contribution in [2.24, 2.45) is 0 Å². The molecule has 0 heterocycles. The number of ether oxygens (including phenoxy) is 1. The number of hydrogen-bond donors (Lipinski definition) is 0. The third kappa shape index (κ3) is 21.5. The number of rotatable bonds is 23. The summed E-state index contributed by atoms with van der Waals surface area (Å²) < 4.78 is 6.10. The predicted molar refractivity (Wildman–Crippen MR) is 144 cm³/mol. The van der Waals surface area contributed by atoms with E-state index in [2.05, 4.69) is 20.8 Å². The van der Waals surface area contributed by atoms with Gasteiger partial charge in [0.25, 0.3) is 0 Å². The molecule has 0 bridgehead atoms. The summed E-state index contributed by atoms with van der Waals surface area (Å²) in [6.07, 6.45) is 28.2. The quantitative estimate of drug-likeness (QED) is 0.0864. The van der Waals surface area contributed by atoms with Gasteiger partial charge in [-0.25, -0.2) is 0 Å². The van der Waals surface area contributed by atoms with Crippen molar-refractivity contribution in [2.45, 2.75) is 175 Å². The normalized spacial score (nSPS) is 11.4. The molecule has 188 valence electrons. The number of carbonyl (C=O) groups is 1. The van der Waals surface area contributed by atoms with E-state index in [-0.39, 0.29) is 21.5 Å². The molecule has 3 heteroatoms. The molecule has 0 rings (SSSR count). The SMILES string of the molecule is CCCCCCCCCC(CCCCCCCC)(CCCCCCCC)OC(C)=O.P. The van der Waals surface area contributed by atoms with Crippen LogP contribution in [0.25, 0.3) is 0 Å². The van der Waals surface area contributed by atoms with Crippen molar-refractivity contribution in [3.8, 4) is 0 Å². The van der Waals surface area contributed by atoms with Gasteiger partial charge < -0.3 is 4.74 Å². The molecule has 0 aromatic rings. The van der Waals surface area contributed by atoms with Gasteiger partial charge in [0.2, 0.25) is 0 Å². The first kappa shape index (κ1) is 33.1. The Hall–Kier alpha value is -0.100. The first-order valence-corrected chi connectivity index (χ1v) is 13.8. The molecule has 2 nitrogen and oxygen atoms in total. The third-order valence-electron chi connectivity index (χ3n) is 6.57. The lowest BCUT2D eigenvalue weighted by Gasteiger charge is -2.34. The van der Waals surface area contributed by atoms with Gasteiger partial charge in [-0.1, -0.05) is 124 Å². The topological polar surface area (TPSA) is 26.3 Å². The summed E-state index contributed by atoms with van der Waals surface area (Å²) in [5, 5.41) is 0. The minimum absolute atomic E-state index is 0. The largest absolute Gasteiger partial charge is 0.459 e. The third-order valence-corrected chi connectivity index (χ3v) is 6.57. The summed E-state index contributed by atoms with van der Waals surface area (Å²) in [5.41, 5.74) is -0.190. The monoisotopic (exact) mass is 458 g/mol. The second kappa shape index (κ2) is 24.5. The molecule has 31 heavy (non-hydrogen) atoms. The van der Waals surface area contributed by atoms with Crippen molar-refractivity contribution >= 4 is 15.9 Å². The molecular formula is C28H59O2P. The van der Waals surface area contributed by atoms with Gasteiger partial charge in [0, 0.05) is 6.92 Å². The van der Waals surface area contributed by atoms with Crippen LogP contribution in [0, 0.1) is 0 Å². The van der Waals surface area contributed by atoms with Crippen molar-refractivity contribution in [1.29, 1.82) is 0 Å². The molecule has 1 atom stereocenters. The lowest BCUT2D eigenvalue weighted by Crippen LogP contribution is -2.34. The molecule has 0 aromatic heterocycles. The van der Waals surface area contributed by atoms with Crippen molar-refractivity contribution in [1.82, 2.24) is 0 Å². The zero-order valence-electron chi connectivity index (χ0n) is 22.1. The molecule has 0 saturated carbocycles. The second-order valence-corrected chi connectivity index (χ2v) is 9.68. The van der Waals surface area contributed by atoms with Crippen molar-refractivity contribution < 1.29 is 9.53 Å². The van der Waals surface area contributed by atoms with Crippen LogP contribution in [-0.4, -0.2) is 11.6 Å². The highest BCUT2D eigenvalue weighted by molar-refractivity contribution is 6.92. The van der Waals surface area contributed by atoms with E-state index in [1.54, 1.807) is 6.92 Å². The van der Waals surface area contributed by atoms with Gasteiger partial charge in [0.1, 0.15) is 5.60 Å². The van der Waals surface area contributed by atoms with Gasteiger partial charge in [0.15, 0.2) is 0 Å². The van der Waals surface area contributed by atoms with Crippen LogP contribution in [0.15, 0.2) is 0 Å². The number of esters is 1. The van der Waals surface area contributed by atoms with E-state index in [9.17, 15) is 4.79 Å². The molecule has 0 aliphatic carbocycles. The fourth-order valence-electron chi connectivity index (χ4n) is 4.69. The minimum atomic E-state index is -0.190. The molecular weight excluding hydrogens is 399 g/mol. The van der Waals surface area contributed by atoms with Crippen LogP contribution in [-0.2, 0) is 9.53 Å². The van der Waals surface area contributed by atoms with Crippen LogP contribution in [0.2, 0.25) is 0 Å². The fraction of sp³-hybridized carbons (Fsp3) is 0.964. The fourth-order valence-corrected chi connectivity index (χ4v) is 4.69. The molecule has 0 radical (unpaired) electrons. The van der Waals surface area contributed by atoms with Crippen LogP contribution >= 0.6 is 9.90 Å². The Balaban J connectivity index is 0. The van der Waals surface area contributed by atoms with E-state index in [1.165, 1.54) is 122 Å². The maximum absolute atomic E-state index is 12.0. The van der Waals surface area contributed by atoms with E-state index in [0.29, 0.717) is 0 Å². The van der Waals surface area contributed by atoms with Gasteiger partial charge >= 0.3 is 5.97 Å². The number of hydrogen-bond acceptors (Lipinski definition) is 2. The molecule has 0 N–H and O–H groups in total. The Labute approximate surface area is 200 Å². The predicted octanol–water partition coefficient (Wildman–Crippen LogP) is 9.99. The van der Waals surface area contributed by atoms with E-state index >= 15 is 0 Å². The first-order chi connectivity index (χ1) is 14.6. The molecule has 1 unspecified atom stereocenters. The average Bonchev–Trinajstić information content (AvgIpc) is 2.72. The molecule has 0 amide bonds. The zero-order chi connectivity index (χ0) is 22.3. The Morgan fingerprint density at radius 1 is 0.516 bits per heavy atom. The first-order valence-electron chi connectivity index (χ1n) is 13.8. The smallest absolute Gasteiger partial charge is 0.303 e. The zero-order valence-corrected chi connectivity index (χ0v) is 23.5. The van der Waals surface area contributed by atoms with Crippen molar-refractivity contribution in [3.63, 3.8) is 0 Å². The highest BCUT2D eigenvalue weighted by Crippen LogP contribution is 2.33. The highest BCUT2D eigenvalue weighted by atomic mass is 31.0. The summed E-state index contributed by atoms with van der Waals surface area (Å²) in [7, 11) is 0. The summed E-state index contributed by atoms with van der Waals surface area (Å²) in [4.78, 5) is 12.0. The highest BCUT2D eigenvalue weighted by Gasteiger charge is 2.31. The Morgan fingerprint density at radius 2 is 0.774 bits per heavy atom. The van der Waals surface area contributed by atoms with Gasteiger partial charge in [-0.3, -0.25) is 4.79 Å². The van der Waals surface area contributed by atoms with Crippen LogP contribution < -0.4 is 0 Å². The maximum Gasteiger partial charge on any atom is 0.303 e. The summed E-state index contributed by atoms with van der Waals surface area (Å²) in [5.74, 6) is -0.0742. The summed E-state index contributed by atoms with van der Waals surface area (Å²) in [6.45, 7) is 8.43. The maximum atomic E-state index is 12.0. The Bertz CT molecular complexity index is 354. The van der Waals surface area contributed by atoms with E-state index in [4.69, 9.17) is 4.74 Å². The van der Waals surface area contributed by atoms with Crippen LogP contribution in [0.5, 0.6) is 0 Å². The standard InChI is InChI=1S/C28H56O2.H3P/c1-5-8-11-14-17-20-23-26-28(30-27(4)29,24-21-18-15-12-9-6-2)25-22-19-16-13-10-7-3;/h5-26H2,1-4H3;1H3. The molecule has 0 fully saturated rings. The van der Waals surface area contributed by atoms with Crippen LogP contribution in [0.3, 0.4) is 0 Å². The van der Waals surface area contributed by atoms with Gasteiger partial charge in [-0.15, -0.1) is 0 Å². The Kier molecular flexibility index (Phi) is 26.2. The minimum Gasteiger partial charge on any atom is -0.459 e. The second-order valence-electron chi connectivity index (χ2n) is 9.68. The van der Waals surface area contributed by atoms with E-state index in [1.807, 2.05) is 0 Å². The van der Waals surface area contributed by atoms with Gasteiger partial charge in [-0.2, -0.15) is 9.90 Å². The van der Waals surface area contributed by atoms with Gasteiger partial charge in [0.05, 0.1) is 0 Å². The van der Waals surface area contributed by atoms with Crippen LogP contribution in [0.1, 0.15) is 169 Å².